The van der Waals surface area contributed by atoms with Crippen LogP contribution < -0.4 is 4.72 Å². The number of hydrogen-bond donors (Lipinski definition) is 1. The monoisotopic (exact) mass is 481 g/mol. The molecule has 0 unspecified atom stereocenters. The summed E-state index contributed by atoms with van der Waals surface area (Å²) in [6.07, 6.45) is 3.14. The van der Waals surface area contributed by atoms with Crippen molar-refractivity contribution in [1.29, 1.82) is 0 Å². The molecule has 6 nitrogen and oxygen atoms in total. The summed E-state index contributed by atoms with van der Waals surface area (Å²) in [7, 11) is -3.58. The van der Waals surface area contributed by atoms with Gasteiger partial charge in [0.2, 0.25) is 15.9 Å². The standard InChI is InChI=1S/C19H17BrClN3O3S/c1-28(26,27)23-19(25)11-10-18-17(13-2-6-15(21)7-3-13)12-24(22-18)16-8-4-14(20)5-9-16/h2-9,12H,10-11H2,1H3,(H,23,25). The van der Waals surface area contributed by atoms with Crippen molar-refractivity contribution in [2.24, 2.45) is 0 Å². The number of amides is 1. The average Bonchev–Trinajstić information content (AvgIpc) is 3.04. The quantitative estimate of drug-likeness (QED) is 0.576. The van der Waals surface area contributed by atoms with Crippen molar-refractivity contribution in [1.82, 2.24) is 14.5 Å². The molecule has 3 rings (SSSR count). The number of carbonyl (C=O) groups is 1. The van der Waals surface area contributed by atoms with Gasteiger partial charge in [-0.1, -0.05) is 39.7 Å². The highest BCUT2D eigenvalue weighted by atomic mass is 79.9. The summed E-state index contributed by atoms with van der Waals surface area (Å²) in [5.41, 5.74) is 3.32. The van der Waals surface area contributed by atoms with Crippen molar-refractivity contribution >= 4 is 43.5 Å². The maximum Gasteiger partial charge on any atom is 0.233 e. The van der Waals surface area contributed by atoms with Crippen LogP contribution in [0.4, 0.5) is 0 Å². The van der Waals surface area contributed by atoms with E-state index in [0.717, 1.165) is 27.5 Å². The molecule has 0 saturated carbocycles. The molecule has 0 bridgehead atoms. The molecule has 1 heterocycles. The van der Waals surface area contributed by atoms with Crippen LogP contribution in [0.5, 0.6) is 0 Å². The molecule has 146 valence electrons. The van der Waals surface area contributed by atoms with Crippen LogP contribution in [0.25, 0.3) is 16.8 Å². The van der Waals surface area contributed by atoms with Crippen LogP contribution in [-0.2, 0) is 21.2 Å². The second-order valence-electron chi connectivity index (χ2n) is 6.21. The molecule has 0 aliphatic heterocycles. The first-order valence-corrected chi connectivity index (χ1v) is 11.4. The summed E-state index contributed by atoms with van der Waals surface area (Å²) in [6.45, 7) is 0. The molecule has 0 atom stereocenters. The molecule has 1 aromatic heterocycles. The Morgan fingerprint density at radius 2 is 1.79 bits per heavy atom. The van der Waals surface area contributed by atoms with Gasteiger partial charge in [-0.3, -0.25) is 9.52 Å². The summed E-state index contributed by atoms with van der Waals surface area (Å²) in [5, 5.41) is 5.24. The maximum atomic E-state index is 11.9. The number of aryl methyl sites for hydroxylation is 1. The van der Waals surface area contributed by atoms with Crippen molar-refractivity contribution in [3.63, 3.8) is 0 Å². The van der Waals surface area contributed by atoms with Gasteiger partial charge in [0.1, 0.15) is 0 Å². The van der Waals surface area contributed by atoms with E-state index in [1.54, 1.807) is 16.8 Å². The highest BCUT2D eigenvalue weighted by Gasteiger charge is 2.15. The average molecular weight is 483 g/mol. The Labute approximate surface area is 176 Å². The normalized spacial score (nSPS) is 11.4. The Morgan fingerprint density at radius 3 is 2.39 bits per heavy atom. The third-order valence-electron chi connectivity index (χ3n) is 3.93. The lowest BCUT2D eigenvalue weighted by Gasteiger charge is -2.04. The predicted octanol–water partition coefficient (Wildman–Crippen LogP) is 3.96. The summed E-state index contributed by atoms with van der Waals surface area (Å²) in [5.74, 6) is -0.567. The number of hydrogen-bond acceptors (Lipinski definition) is 4. The molecule has 2 aromatic carbocycles. The van der Waals surface area contributed by atoms with E-state index < -0.39 is 15.9 Å². The molecule has 0 spiro atoms. The molecule has 0 radical (unpaired) electrons. The van der Waals surface area contributed by atoms with Crippen LogP contribution in [0.2, 0.25) is 5.02 Å². The Hall–Kier alpha value is -2.16. The zero-order valence-corrected chi connectivity index (χ0v) is 18.1. The first-order valence-electron chi connectivity index (χ1n) is 8.32. The SMILES string of the molecule is CS(=O)(=O)NC(=O)CCc1nn(-c2ccc(Br)cc2)cc1-c1ccc(Cl)cc1. The van der Waals surface area contributed by atoms with E-state index >= 15 is 0 Å². The van der Waals surface area contributed by atoms with E-state index in [1.807, 2.05) is 47.3 Å². The number of aromatic nitrogens is 2. The van der Waals surface area contributed by atoms with Crippen molar-refractivity contribution in [2.75, 3.05) is 6.26 Å². The molecule has 0 aliphatic rings. The van der Waals surface area contributed by atoms with Crippen LogP contribution in [-0.4, -0.2) is 30.4 Å². The third-order valence-corrected chi connectivity index (χ3v) is 5.30. The molecule has 1 amide bonds. The number of carbonyl (C=O) groups excluding carboxylic acids is 1. The first-order chi connectivity index (χ1) is 13.2. The minimum Gasteiger partial charge on any atom is -0.274 e. The highest BCUT2D eigenvalue weighted by Crippen LogP contribution is 2.27. The molecule has 1 N–H and O–H groups in total. The third kappa shape index (κ3) is 5.43. The smallest absolute Gasteiger partial charge is 0.233 e. The fourth-order valence-corrected chi connectivity index (χ4v) is 3.59. The lowest BCUT2D eigenvalue weighted by atomic mass is 10.0. The van der Waals surface area contributed by atoms with E-state index in [-0.39, 0.29) is 6.42 Å². The van der Waals surface area contributed by atoms with Gasteiger partial charge in [-0.05, 0) is 42.0 Å². The van der Waals surface area contributed by atoms with Crippen molar-refractivity contribution < 1.29 is 13.2 Å². The zero-order valence-electron chi connectivity index (χ0n) is 14.9. The summed E-state index contributed by atoms with van der Waals surface area (Å²) < 4.78 is 27.1. The molecule has 3 aromatic rings. The summed E-state index contributed by atoms with van der Waals surface area (Å²) in [6, 6.07) is 15.0. The molecular weight excluding hydrogens is 466 g/mol. The summed E-state index contributed by atoms with van der Waals surface area (Å²) in [4.78, 5) is 11.9. The number of nitrogens with zero attached hydrogens (tertiary/aromatic N) is 2. The second kappa shape index (κ2) is 8.46. The topological polar surface area (TPSA) is 81.1 Å². The lowest BCUT2D eigenvalue weighted by Crippen LogP contribution is -2.29. The van der Waals surface area contributed by atoms with Gasteiger partial charge in [0.05, 0.1) is 17.6 Å². The fraction of sp³-hybridized carbons (Fsp3) is 0.158. The van der Waals surface area contributed by atoms with E-state index in [2.05, 4.69) is 21.0 Å². The van der Waals surface area contributed by atoms with Gasteiger partial charge in [0, 0.05) is 34.1 Å². The first kappa shape index (κ1) is 20.6. The van der Waals surface area contributed by atoms with Gasteiger partial charge in [0.15, 0.2) is 0 Å². The van der Waals surface area contributed by atoms with E-state index in [1.165, 1.54) is 0 Å². The maximum absolute atomic E-state index is 11.9. The minimum absolute atomic E-state index is 0.00497. The van der Waals surface area contributed by atoms with Crippen molar-refractivity contribution in [2.45, 2.75) is 12.8 Å². The Bertz CT molecular complexity index is 1090. The second-order valence-corrected chi connectivity index (χ2v) is 9.32. The molecule has 28 heavy (non-hydrogen) atoms. The van der Waals surface area contributed by atoms with Gasteiger partial charge >= 0.3 is 0 Å². The van der Waals surface area contributed by atoms with Crippen molar-refractivity contribution in [3.8, 4) is 16.8 Å². The van der Waals surface area contributed by atoms with Crippen LogP contribution in [0.3, 0.4) is 0 Å². The van der Waals surface area contributed by atoms with Crippen LogP contribution >= 0.6 is 27.5 Å². The number of benzene rings is 2. The van der Waals surface area contributed by atoms with Crippen LogP contribution in [0, 0.1) is 0 Å². The molecule has 0 aliphatic carbocycles. The van der Waals surface area contributed by atoms with Crippen LogP contribution in [0.1, 0.15) is 12.1 Å². The van der Waals surface area contributed by atoms with Crippen molar-refractivity contribution in [3.05, 3.63) is 69.9 Å². The summed E-state index contributed by atoms with van der Waals surface area (Å²) >= 11 is 9.39. The molecule has 0 fully saturated rings. The fourth-order valence-electron chi connectivity index (χ4n) is 2.68. The highest BCUT2D eigenvalue weighted by molar-refractivity contribution is 9.10. The lowest BCUT2D eigenvalue weighted by molar-refractivity contribution is -0.119. The Balaban J connectivity index is 1.93. The minimum atomic E-state index is -3.58. The molecular formula is C19H17BrClN3O3S. The van der Waals surface area contributed by atoms with Gasteiger partial charge in [0.25, 0.3) is 0 Å². The van der Waals surface area contributed by atoms with Gasteiger partial charge in [-0.25, -0.2) is 13.1 Å². The largest absolute Gasteiger partial charge is 0.274 e. The molecule has 9 heteroatoms. The Kier molecular flexibility index (Phi) is 6.22. The van der Waals surface area contributed by atoms with Gasteiger partial charge < -0.3 is 0 Å². The Morgan fingerprint density at radius 1 is 1.14 bits per heavy atom. The van der Waals surface area contributed by atoms with E-state index in [9.17, 15) is 13.2 Å². The van der Waals surface area contributed by atoms with Gasteiger partial charge in [-0.15, -0.1) is 0 Å². The molecule has 0 saturated heterocycles. The zero-order chi connectivity index (χ0) is 20.3. The number of rotatable bonds is 6. The van der Waals surface area contributed by atoms with Crippen LogP contribution in [0.15, 0.2) is 59.2 Å². The number of halogens is 2. The van der Waals surface area contributed by atoms with E-state index in [4.69, 9.17) is 11.6 Å². The van der Waals surface area contributed by atoms with E-state index in [0.29, 0.717) is 17.1 Å². The number of nitrogens with one attached hydrogen (secondary N) is 1. The predicted molar refractivity (Wildman–Crippen MR) is 113 cm³/mol. The number of sulfonamides is 1. The van der Waals surface area contributed by atoms with Gasteiger partial charge in [-0.2, -0.15) is 5.10 Å².